The van der Waals surface area contributed by atoms with Gasteiger partial charge in [-0.05, 0) is 44.2 Å². The molecule has 1 aromatic carbocycles. The summed E-state index contributed by atoms with van der Waals surface area (Å²) in [5.74, 6) is -0.486. The topological polar surface area (TPSA) is 117 Å². The summed E-state index contributed by atoms with van der Waals surface area (Å²) in [6.45, 7) is 2.69. The summed E-state index contributed by atoms with van der Waals surface area (Å²) in [6, 6.07) is 4.92. The Morgan fingerprint density at radius 2 is 2.13 bits per heavy atom. The molecule has 3 N–H and O–H groups in total. The van der Waals surface area contributed by atoms with Crippen LogP contribution in [-0.2, 0) is 25.4 Å². The SMILES string of the molecule is C[C@H](OC(N)=O)C(=O)Cc1cccc(Cl)c1C(=O)NC1CC1COC1CCCCO1. The number of carbonyl (C=O) groups excluding carboxylic acids is 3. The van der Waals surface area contributed by atoms with Crippen LogP contribution in [0, 0.1) is 5.92 Å². The van der Waals surface area contributed by atoms with Gasteiger partial charge in [0, 0.05) is 25.0 Å². The third-order valence-electron chi connectivity index (χ3n) is 5.31. The Bertz CT molecular complexity index is 796. The van der Waals surface area contributed by atoms with Gasteiger partial charge in [-0.2, -0.15) is 0 Å². The number of ether oxygens (including phenoxy) is 3. The fourth-order valence-electron chi connectivity index (χ4n) is 3.46. The van der Waals surface area contributed by atoms with Crippen LogP contribution in [0.2, 0.25) is 5.02 Å². The van der Waals surface area contributed by atoms with E-state index in [1.54, 1.807) is 18.2 Å². The first-order chi connectivity index (χ1) is 14.3. The van der Waals surface area contributed by atoms with Crippen LogP contribution in [0.3, 0.4) is 0 Å². The number of nitrogens with one attached hydrogen (secondary N) is 1. The molecule has 2 amide bonds. The smallest absolute Gasteiger partial charge is 0.405 e. The fourth-order valence-corrected chi connectivity index (χ4v) is 3.74. The highest BCUT2D eigenvalue weighted by molar-refractivity contribution is 6.34. The molecule has 0 bridgehead atoms. The summed E-state index contributed by atoms with van der Waals surface area (Å²) in [4.78, 5) is 36.0. The zero-order valence-electron chi connectivity index (χ0n) is 16.9. The summed E-state index contributed by atoms with van der Waals surface area (Å²) in [6.07, 6.45) is 1.60. The summed E-state index contributed by atoms with van der Waals surface area (Å²) in [5.41, 5.74) is 5.67. The molecule has 164 valence electrons. The summed E-state index contributed by atoms with van der Waals surface area (Å²) in [7, 11) is 0. The molecule has 3 rings (SSSR count). The predicted octanol–water partition coefficient (Wildman–Crippen LogP) is 2.60. The number of benzene rings is 1. The molecule has 1 aromatic rings. The molecule has 4 atom stereocenters. The maximum Gasteiger partial charge on any atom is 0.405 e. The molecule has 9 heteroatoms. The monoisotopic (exact) mass is 438 g/mol. The normalized spacial score (nSPS) is 24.0. The zero-order valence-corrected chi connectivity index (χ0v) is 17.7. The maximum absolute atomic E-state index is 12.8. The van der Waals surface area contributed by atoms with Gasteiger partial charge in [0.2, 0.25) is 0 Å². The molecule has 0 spiro atoms. The Labute approximate surface area is 180 Å². The Hall–Kier alpha value is -2.16. The molecule has 8 nitrogen and oxygen atoms in total. The van der Waals surface area contributed by atoms with Crippen LogP contribution in [0.4, 0.5) is 4.79 Å². The van der Waals surface area contributed by atoms with Crippen molar-refractivity contribution < 1.29 is 28.6 Å². The third-order valence-corrected chi connectivity index (χ3v) is 5.63. The van der Waals surface area contributed by atoms with Crippen LogP contribution < -0.4 is 11.1 Å². The molecule has 0 radical (unpaired) electrons. The van der Waals surface area contributed by atoms with Crippen molar-refractivity contribution in [2.75, 3.05) is 13.2 Å². The Kier molecular flexibility index (Phi) is 7.69. The molecule has 1 heterocycles. The minimum atomic E-state index is -1.03. The number of ketones is 1. The predicted molar refractivity (Wildman–Crippen MR) is 109 cm³/mol. The van der Waals surface area contributed by atoms with E-state index in [9.17, 15) is 14.4 Å². The van der Waals surface area contributed by atoms with Crippen molar-refractivity contribution in [2.24, 2.45) is 11.7 Å². The molecular weight excluding hydrogens is 412 g/mol. The lowest BCUT2D eigenvalue weighted by Gasteiger charge is -2.22. The number of carbonyl (C=O) groups is 3. The quantitative estimate of drug-likeness (QED) is 0.612. The van der Waals surface area contributed by atoms with Gasteiger partial charge in [0.05, 0.1) is 17.2 Å². The highest BCUT2D eigenvalue weighted by Gasteiger charge is 2.39. The van der Waals surface area contributed by atoms with Crippen LogP contribution in [-0.4, -0.2) is 49.4 Å². The number of halogens is 1. The molecule has 30 heavy (non-hydrogen) atoms. The van der Waals surface area contributed by atoms with Crippen LogP contribution in [0.25, 0.3) is 0 Å². The number of rotatable bonds is 9. The van der Waals surface area contributed by atoms with Gasteiger partial charge in [-0.25, -0.2) is 4.79 Å². The van der Waals surface area contributed by atoms with Gasteiger partial charge >= 0.3 is 6.09 Å². The van der Waals surface area contributed by atoms with Gasteiger partial charge in [-0.3, -0.25) is 9.59 Å². The standard InChI is InChI=1S/C21H27ClN2O6/c1-12(30-21(23)27)17(25)10-13-5-4-6-15(22)19(13)20(26)24-16-9-14(16)11-29-18-7-2-3-8-28-18/h4-6,12,14,16,18H,2-3,7-11H2,1H3,(H2,23,27)(H,24,26)/t12-,14?,16?,18?/m0/s1. The molecule has 1 aliphatic carbocycles. The van der Waals surface area contributed by atoms with Crippen molar-refractivity contribution in [3.63, 3.8) is 0 Å². The molecule has 1 saturated heterocycles. The van der Waals surface area contributed by atoms with E-state index in [0.29, 0.717) is 12.2 Å². The van der Waals surface area contributed by atoms with Gasteiger partial charge in [-0.15, -0.1) is 0 Å². The number of primary amides is 1. The van der Waals surface area contributed by atoms with Crippen molar-refractivity contribution in [1.82, 2.24) is 5.32 Å². The minimum absolute atomic E-state index is 0.00182. The number of Topliss-reactive ketones (excluding diaryl/α,β-unsaturated/α-hetero) is 1. The third kappa shape index (κ3) is 6.17. The zero-order chi connectivity index (χ0) is 21.7. The van der Waals surface area contributed by atoms with E-state index in [0.717, 1.165) is 32.3 Å². The van der Waals surface area contributed by atoms with Crippen molar-refractivity contribution in [2.45, 2.75) is 57.5 Å². The van der Waals surface area contributed by atoms with Crippen LogP contribution >= 0.6 is 11.6 Å². The second-order valence-electron chi connectivity index (χ2n) is 7.70. The number of hydrogen-bond acceptors (Lipinski definition) is 6. The van der Waals surface area contributed by atoms with Crippen molar-refractivity contribution in [3.8, 4) is 0 Å². The lowest BCUT2D eigenvalue weighted by molar-refractivity contribution is -0.164. The fraction of sp³-hybridized carbons (Fsp3) is 0.571. The van der Waals surface area contributed by atoms with E-state index < -0.39 is 12.2 Å². The second kappa shape index (κ2) is 10.2. The number of nitrogens with two attached hydrogens (primary N) is 1. The van der Waals surface area contributed by atoms with E-state index in [1.165, 1.54) is 6.92 Å². The van der Waals surface area contributed by atoms with Crippen molar-refractivity contribution >= 4 is 29.4 Å². The molecule has 3 unspecified atom stereocenters. The van der Waals surface area contributed by atoms with Gasteiger partial charge in [-0.1, -0.05) is 23.7 Å². The molecule has 2 aliphatic rings. The van der Waals surface area contributed by atoms with Crippen molar-refractivity contribution in [3.05, 3.63) is 34.3 Å². The Morgan fingerprint density at radius 1 is 1.33 bits per heavy atom. The molecule has 1 saturated carbocycles. The highest BCUT2D eigenvalue weighted by Crippen LogP contribution is 2.32. The van der Waals surface area contributed by atoms with E-state index in [-0.39, 0.29) is 46.9 Å². The van der Waals surface area contributed by atoms with Gasteiger partial charge in [0.25, 0.3) is 5.91 Å². The average molecular weight is 439 g/mol. The first kappa shape index (κ1) is 22.5. The van der Waals surface area contributed by atoms with E-state index in [4.69, 9.17) is 31.5 Å². The highest BCUT2D eigenvalue weighted by atomic mass is 35.5. The van der Waals surface area contributed by atoms with Gasteiger partial charge in [0.1, 0.15) is 0 Å². The molecule has 1 aliphatic heterocycles. The summed E-state index contributed by atoms with van der Waals surface area (Å²) in [5, 5.41) is 3.22. The summed E-state index contributed by atoms with van der Waals surface area (Å²) >= 11 is 6.26. The molecule has 0 aromatic heterocycles. The first-order valence-electron chi connectivity index (χ1n) is 10.2. The Morgan fingerprint density at radius 3 is 2.83 bits per heavy atom. The minimum Gasteiger partial charge on any atom is -0.439 e. The lowest BCUT2D eigenvalue weighted by atomic mass is 9.99. The lowest BCUT2D eigenvalue weighted by Crippen LogP contribution is -2.31. The molecular formula is C21H27ClN2O6. The average Bonchev–Trinajstić information content (AvgIpc) is 3.44. The van der Waals surface area contributed by atoms with Gasteiger partial charge in [0.15, 0.2) is 18.2 Å². The Balaban J connectivity index is 1.55. The van der Waals surface area contributed by atoms with Crippen LogP contribution in [0.1, 0.15) is 48.5 Å². The second-order valence-corrected chi connectivity index (χ2v) is 8.11. The largest absolute Gasteiger partial charge is 0.439 e. The summed E-state index contributed by atoms with van der Waals surface area (Å²) < 4.78 is 16.1. The molecule has 2 fully saturated rings. The van der Waals surface area contributed by atoms with E-state index >= 15 is 0 Å². The van der Waals surface area contributed by atoms with Crippen LogP contribution in [0.15, 0.2) is 18.2 Å². The van der Waals surface area contributed by atoms with Gasteiger partial charge < -0.3 is 25.3 Å². The van der Waals surface area contributed by atoms with Crippen molar-refractivity contribution in [1.29, 1.82) is 0 Å². The van der Waals surface area contributed by atoms with E-state index in [1.807, 2.05) is 0 Å². The van der Waals surface area contributed by atoms with E-state index in [2.05, 4.69) is 5.32 Å². The van der Waals surface area contributed by atoms with Crippen LogP contribution in [0.5, 0.6) is 0 Å². The number of hydrogen-bond donors (Lipinski definition) is 2. The first-order valence-corrected chi connectivity index (χ1v) is 10.5. The number of amides is 2. The maximum atomic E-state index is 12.8.